The maximum absolute atomic E-state index is 12.3. The predicted octanol–water partition coefficient (Wildman–Crippen LogP) is 3.61. The fraction of sp³-hybridized carbons (Fsp3) is 0.667. The molecular weight excluding hydrogens is 351 g/mol. The predicted molar refractivity (Wildman–Crippen MR) is 101 cm³/mol. The molecule has 0 aliphatic carbocycles. The monoisotopic (exact) mass is 381 g/mol. The number of hydrogen-bond acceptors (Lipinski definition) is 5. The van der Waals surface area contributed by atoms with Crippen molar-refractivity contribution in [3.8, 4) is 5.75 Å². The molecule has 1 rings (SSSR count). The van der Waals surface area contributed by atoms with E-state index in [1.54, 1.807) is 13.8 Å². The van der Waals surface area contributed by atoms with Crippen molar-refractivity contribution in [2.75, 3.05) is 13.2 Å². The van der Waals surface area contributed by atoms with E-state index in [9.17, 15) is 8.42 Å². The van der Waals surface area contributed by atoms with Crippen LogP contribution in [0.25, 0.3) is 0 Å². The van der Waals surface area contributed by atoms with Crippen LogP contribution in [0.5, 0.6) is 5.75 Å². The Kier molecular flexibility index (Phi) is 10.2. The Hall–Kier alpha value is -0.110. The fourth-order valence-corrected chi connectivity index (χ4v) is 3.75. The minimum atomic E-state index is -3.81. The van der Waals surface area contributed by atoms with Crippen LogP contribution in [-0.2, 0) is 19.0 Å². The van der Waals surface area contributed by atoms with E-state index in [-0.39, 0.29) is 48.2 Å². The molecule has 0 heterocycles. The Balaban J connectivity index is 0.00000576. The van der Waals surface area contributed by atoms with Crippen LogP contribution in [0.1, 0.15) is 48.0 Å². The molecule has 0 aliphatic rings. The summed E-state index contributed by atoms with van der Waals surface area (Å²) in [5, 5.41) is 0. The molecule has 0 fully saturated rings. The SMILES string of the molecule is CC(OCCOc1ccccc1)S(=O)(=O)OC(C)(C)CC(C)(C)C.[Na]. The van der Waals surface area contributed by atoms with E-state index in [1.165, 1.54) is 6.92 Å². The van der Waals surface area contributed by atoms with Gasteiger partial charge >= 0.3 is 0 Å². The van der Waals surface area contributed by atoms with Gasteiger partial charge in [0.1, 0.15) is 12.4 Å². The molecule has 1 atom stereocenters. The Labute approximate surface area is 174 Å². The summed E-state index contributed by atoms with van der Waals surface area (Å²) in [5.74, 6) is 0.721. The molecule has 7 heteroatoms. The van der Waals surface area contributed by atoms with E-state index in [2.05, 4.69) is 0 Å². The Morgan fingerprint density at radius 2 is 1.56 bits per heavy atom. The summed E-state index contributed by atoms with van der Waals surface area (Å²) < 4.78 is 40.8. The number of rotatable bonds is 9. The van der Waals surface area contributed by atoms with Crippen molar-refractivity contribution in [3.63, 3.8) is 0 Å². The molecule has 5 nitrogen and oxygen atoms in total. The van der Waals surface area contributed by atoms with Gasteiger partial charge in [-0.15, -0.1) is 0 Å². The molecule has 25 heavy (non-hydrogen) atoms. The number of hydrogen-bond donors (Lipinski definition) is 0. The van der Waals surface area contributed by atoms with Crippen LogP contribution in [0.3, 0.4) is 0 Å². The minimum Gasteiger partial charge on any atom is -0.491 e. The third-order valence-corrected chi connectivity index (χ3v) is 4.78. The molecule has 1 aromatic carbocycles. The van der Waals surface area contributed by atoms with Crippen LogP contribution in [0, 0.1) is 5.41 Å². The Morgan fingerprint density at radius 3 is 2.08 bits per heavy atom. The zero-order valence-corrected chi connectivity index (χ0v) is 19.4. The molecule has 0 N–H and O–H groups in total. The number of para-hydroxylation sites is 1. The van der Waals surface area contributed by atoms with E-state index >= 15 is 0 Å². The first kappa shape index (κ1) is 24.9. The van der Waals surface area contributed by atoms with Crippen molar-refractivity contribution in [1.82, 2.24) is 0 Å². The summed E-state index contributed by atoms with van der Waals surface area (Å²) >= 11 is 0. The quantitative estimate of drug-likeness (QED) is 0.371. The summed E-state index contributed by atoms with van der Waals surface area (Å²) in [6.07, 6.45) is 0.614. The zero-order chi connectivity index (χ0) is 18.4. The molecule has 1 unspecified atom stereocenters. The second-order valence-corrected chi connectivity index (χ2v) is 9.49. The molecule has 139 valence electrons. The van der Waals surface area contributed by atoms with Crippen LogP contribution < -0.4 is 4.74 Å². The third kappa shape index (κ3) is 10.6. The summed E-state index contributed by atoms with van der Waals surface area (Å²) in [6.45, 7) is 11.6. The van der Waals surface area contributed by atoms with Gasteiger partial charge in [-0.1, -0.05) is 39.0 Å². The van der Waals surface area contributed by atoms with Crippen LogP contribution in [0.2, 0.25) is 0 Å². The van der Waals surface area contributed by atoms with Gasteiger partial charge in [-0.2, -0.15) is 8.42 Å². The van der Waals surface area contributed by atoms with Gasteiger partial charge in [0.25, 0.3) is 10.1 Å². The molecule has 0 amide bonds. The molecule has 0 saturated carbocycles. The summed E-state index contributed by atoms with van der Waals surface area (Å²) in [5.41, 5.74) is -1.86. The maximum atomic E-state index is 12.3. The van der Waals surface area contributed by atoms with Crippen molar-refractivity contribution in [1.29, 1.82) is 0 Å². The van der Waals surface area contributed by atoms with Crippen molar-refractivity contribution in [2.24, 2.45) is 5.41 Å². The topological polar surface area (TPSA) is 61.8 Å². The van der Waals surface area contributed by atoms with Crippen molar-refractivity contribution < 1.29 is 22.1 Å². The molecular formula is C18H30NaO5S. The van der Waals surface area contributed by atoms with Crippen LogP contribution >= 0.6 is 0 Å². The molecule has 1 radical (unpaired) electrons. The van der Waals surface area contributed by atoms with Gasteiger partial charge in [-0.3, -0.25) is 4.18 Å². The van der Waals surface area contributed by atoms with Gasteiger partial charge < -0.3 is 9.47 Å². The van der Waals surface area contributed by atoms with Gasteiger partial charge in [0.15, 0.2) is 5.44 Å². The number of ether oxygens (including phenoxy) is 2. The van der Waals surface area contributed by atoms with Gasteiger partial charge in [-0.05, 0) is 44.7 Å². The van der Waals surface area contributed by atoms with E-state index in [1.807, 2.05) is 51.1 Å². The van der Waals surface area contributed by atoms with Crippen LogP contribution in [0.15, 0.2) is 30.3 Å². The molecule has 1 aromatic rings. The maximum Gasteiger partial charge on any atom is 0.294 e. The van der Waals surface area contributed by atoms with E-state index in [0.29, 0.717) is 6.42 Å². The van der Waals surface area contributed by atoms with Gasteiger partial charge in [0.2, 0.25) is 0 Å². The normalized spacial score (nSPS) is 13.8. The van der Waals surface area contributed by atoms with Crippen molar-refractivity contribution >= 4 is 39.7 Å². The third-order valence-electron chi connectivity index (χ3n) is 3.15. The summed E-state index contributed by atoms with van der Waals surface area (Å²) in [6, 6.07) is 9.30. The zero-order valence-electron chi connectivity index (χ0n) is 16.5. The molecule has 0 bridgehead atoms. The Bertz CT molecular complexity index is 594. The van der Waals surface area contributed by atoms with Gasteiger partial charge in [-0.25, -0.2) is 0 Å². The van der Waals surface area contributed by atoms with Crippen LogP contribution in [0.4, 0.5) is 0 Å². The molecule has 0 aliphatic heterocycles. The van der Waals surface area contributed by atoms with Crippen molar-refractivity contribution in [2.45, 2.75) is 59.0 Å². The number of benzene rings is 1. The largest absolute Gasteiger partial charge is 0.491 e. The van der Waals surface area contributed by atoms with E-state index < -0.39 is 21.2 Å². The van der Waals surface area contributed by atoms with Crippen LogP contribution in [-0.4, -0.2) is 62.2 Å². The first-order valence-electron chi connectivity index (χ1n) is 8.15. The average Bonchev–Trinajstić information content (AvgIpc) is 2.40. The first-order chi connectivity index (χ1) is 10.9. The minimum absolute atomic E-state index is 0. The smallest absolute Gasteiger partial charge is 0.294 e. The molecule has 0 saturated heterocycles. The Morgan fingerprint density at radius 1 is 1.00 bits per heavy atom. The average molecular weight is 381 g/mol. The van der Waals surface area contributed by atoms with Gasteiger partial charge in [0, 0.05) is 29.6 Å². The van der Waals surface area contributed by atoms with Gasteiger partial charge in [0.05, 0.1) is 12.2 Å². The molecule has 0 aromatic heterocycles. The van der Waals surface area contributed by atoms with Crippen molar-refractivity contribution in [3.05, 3.63) is 30.3 Å². The molecule has 0 spiro atoms. The first-order valence-corrected chi connectivity index (χ1v) is 9.62. The van der Waals surface area contributed by atoms with E-state index in [4.69, 9.17) is 13.7 Å². The summed E-state index contributed by atoms with van der Waals surface area (Å²) in [4.78, 5) is 0. The summed E-state index contributed by atoms with van der Waals surface area (Å²) in [7, 11) is -3.81. The second kappa shape index (κ2) is 10.3. The standard InChI is InChI=1S/C18H30O5S.Na/c1-15(21-12-13-22-16-10-8-7-9-11-16)24(19,20)23-18(5,6)14-17(2,3)4;/h7-11,15H,12-14H2,1-6H3;. The second-order valence-electron chi connectivity index (χ2n) is 7.67. The van der Waals surface area contributed by atoms with E-state index in [0.717, 1.165) is 5.75 Å². The fourth-order valence-electron chi connectivity index (χ4n) is 2.66.